The number of hydrogen-bond acceptors (Lipinski definition) is 1. The molecule has 0 radical (unpaired) electrons. The monoisotopic (exact) mass is 214 g/mol. The van der Waals surface area contributed by atoms with Crippen LogP contribution in [0.1, 0.15) is 25.8 Å². The van der Waals surface area contributed by atoms with Gasteiger partial charge in [0.25, 0.3) is 0 Å². The van der Waals surface area contributed by atoms with E-state index >= 15 is 0 Å². The fraction of sp³-hybridized carbons (Fsp3) is 0.364. The van der Waals surface area contributed by atoms with Gasteiger partial charge in [-0.15, -0.1) is 0 Å². The van der Waals surface area contributed by atoms with E-state index in [-0.39, 0.29) is 6.42 Å². The lowest BCUT2D eigenvalue weighted by Crippen LogP contribution is -2.21. The quantitative estimate of drug-likeness (QED) is 0.839. The Bertz CT molecular complexity index is 386. The molecule has 1 rings (SSSR count). The summed E-state index contributed by atoms with van der Waals surface area (Å²) in [6, 6.07) is 3.45. The van der Waals surface area contributed by atoms with Crippen LogP contribution < -0.4 is 0 Å². The zero-order chi connectivity index (χ0) is 11.6. The molecule has 0 unspecified atom stereocenters. The molecule has 0 saturated heterocycles. The van der Waals surface area contributed by atoms with Gasteiger partial charge in [-0.3, -0.25) is 4.79 Å². The van der Waals surface area contributed by atoms with Gasteiger partial charge in [0.05, 0.1) is 6.42 Å². The molecule has 1 aromatic carbocycles. The molecule has 0 bridgehead atoms. The van der Waals surface area contributed by atoms with Crippen LogP contribution >= 0.6 is 0 Å². The van der Waals surface area contributed by atoms with Gasteiger partial charge < -0.3 is 5.11 Å². The molecule has 0 spiro atoms. The summed E-state index contributed by atoms with van der Waals surface area (Å²) in [5.74, 6) is -2.85. The highest BCUT2D eigenvalue weighted by atomic mass is 19.2. The van der Waals surface area contributed by atoms with Crippen LogP contribution in [0.5, 0.6) is 0 Å². The summed E-state index contributed by atoms with van der Waals surface area (Å²) in [6.45, 7) is 3.35. The summed E-state index contributed by atoms with van der Waals surface area (Å²) in [7, 11) is 0. The predicted octanol–water partition coefficient (Wildman–Crippen LogP) is 2.72. The van der Waals surface area contributed by atoms with Crippen molar-refractivity contribution in [2.24, 2.45) is 0 Å². The molecule has 0 aliphatic heterocycles. The molecule has 1 aromatic rings. The number of aliphatic carboxylic acids is 1. The lowest BCUT2D eigenvalue weighted by Gasteiger charge is -2.23. The maximum absolute atomic E-state index is 12.9. The smallest absolute Gasteiger partial charge is 0.304 e. The maximum atomic E-state index is 12.9. The second kappa shape index (κ2) is 3.96. The first-order valence-corrected chi connectivity index (χ1v) is 4.50. The molecule has 15 heavy (non-hydrogen) atoms. The van der Waals surface area contributed by atoms with Crippen LogP contribution in [0, 0.1) is 11.6 Å². The van der Waals surface area contributed by atoms with E-state index in [1.54, 1.807) is 13.8 Å². The third kappa shape index (κ3) is 2.75. The molecule has 1 N–H and O–H groups in total. The van der Waals surface area contributed by atoms with Gasteiger partial charge in [0.15, 0.2) is 11.6 Å². The van der Waals surface area contributed by atoms with Gasteiger partial charge in [0.2, 0.25) is 0 Å². The normalized spacial score (nSPS) is 11.5. The number of hydrogen-bond donors (Lipinski definition) is 1. The molecule has 0 amide bonds. The zero-order valence-corrected chi connectivity index (χ0v) is 8.55. The lowest BCUT2D eigenvalue weighted by atomic mass is 9.81. The van der Waals surface area contributed by atoms with E-state index in [1.807, 2.05) is 0 Å². The molecule has 0 atom stereocenters. The number of rotatable bonds is 3. The van der Waals surface area contributed by atoms with Crippen LogP contribution in [0.3, 0.4) is 0 Å². The highest BCUT2D eigenvalue weighted by Gasteiger charge is 2.24. The standard InChI is InChI=1S/C11H12F2O2/c1-11(2,6-10(14)15)7-3-4-8(12)9(13)5-7/h3-5H,6H2,1-2H3,(H,14,15). The molecule has 0 aliphatic rings. The Kier molecular flexibility index (Phi) is 3.07. The molecule has 0 heterocycles. The highest BCUT2D eigenvalue weighted by molar-refractivity contribution is 5.68. The van der Waals surface area contributed by atoms with Gasteiger partial charge in [0.1, 0.15) is 0 Å². The van der Waals surface area contributed by atoms with Gasteiger partial charge in [-0.05, 0) is 17.7 Å². The second-order valence-electron chi connectivity index (χ2n) is 4.08. The molecular weight excluding hydrogens is 202 g/mol. The van der Waals surface area contributed by atoms with Crippen LogP contribution in [0.2, 0.25) is 0 Å². The lowest BCUT2D eigenvalue weighted by molar-refractivity contribution is -0.138. The van der Waals surface area contributed by atoms with Crippen molar-refractivity contribution in [3.63, 3.8) is 0 Å². The van der Waals surface area contributed by atoms with Gasteiger partial charge in [-0.1, -0.05) is 19.9 Å². The minimum atomic E-state index is -0.968. The minimum absolute atomic E-state index is 0.127. The van der Waals surface area contributed by atoms with E-state index in [2.05, 4.69) is 0 Å². The summed E-state index contributed by atoms with van der Waals surface area (Å²) in [5, 5.41) is 8.67. The summed E-state index contributed by atoms with van der Waals surface area (Å²) in [4.78, 5) is 10.6. The zero-order valence-electron chi connectivity index (χ0n) is 8.55. The fourth-order valence-electron chi connectivity index (χ4n) is 1.40. The van der Waals surface area contributed by atoms with Crippen LogP contribution in [-0.4, -0.2) is 11.1 Å². The Balaban J connectivity index is 3.04. The minimum Gasteiger partial charge on any atom is -0.481 e. The third-order valence-corrected chi connectivity index (χ3v) is 2.29. The van der Waals surface area contributed by atoms with Crippen molar-refractivity contribution in [2.75, 3.05) is 0 Å². The van der Waals surface area contributed by atoms with Crippen molar-refractivity contribution in [1.29, 1.82) is 0 Å². The maximum Gasteiger partial charge on any atom is 0.304 e. The second-order valence-corrected chi connectivity index (χ2v) is 4.08. The van der Waals surface area contributed by atoms with E-state index in [4.69, 9.17) is 5.11 Å². The Hall–Kier alpha value is -1.45. The summed E-state index contributed by atoms with van der Waals surface area (Å²) < 4.78 is 25.6. The van der Waals surface area contributed by atoms with Crippen LogP contribution in [0.15, 0.2) is 18.2 Å². The number of benzene rings is 1. The number of carboxylic acid groups (broad SMARTS) is 1. The van der Waals surface area contributed by atoms with Crippen LogP contribution in [-0.2, 0) is 10.2 Å². The average Bonchev–Trinajstić information content (AvgIpc) is 2.07. The van der Waals surface area contributed by atoms with E-state index in [0.29, 0.717) is 5.56 Å². The average molecular weight is 214 g/mol. The molecule has 82 valence electrons. The first-order chi connectivity index (χ1) is 6.83. The highest BCUT2D eigenvalue weighted by Crippen LogP contribution is 2.27. The molecule has 0 saturated carbocycles. The molecule has 4 heteroatoms. The Morgan fingerprint density at radius 3 is 2.40 bits per heavy atom. The summed E-state index contributed by atoms with van der Waals surface area (Å²) >= 11 is 0. The summed E-state index contributed by atoms with van der Waals surface area (Å²) in [6.07, 6.45) is -0.127. The van der Waals surface area contributed by atoms with Gasteiger partial charge in [-0.25, -0.2) is 8.78 Å². The Morgan fingerprint density at radius 1 is 1.33 bits per heavy atom. The van der Waals surface area contributed by atoms with Gasteiger partial charge >= 0.3 is 5.97 Å². The molecule has 0 fully saturated rings. The van der Waals surface area contributed by atoms with E-state index in [9.17, 15) is 13.6 Å². The Labute approximate surface area is 86.5 Å². The molecule has 0 aromatic heterocycles. The fourth-order valence-corrected chi connectivity index (χ4v) is 1.40. The Morgan fingerprint density at radius 2 is 1.93 bits per heavy atom. The first-order valence-electron chi connectivity index (χ1n) is 4.50. The van der Waals surface area contributed by atoms with Crippen molar-refractivity contribution in [3.05, 3.63) is 35.4 Å². The van der Waals surface area contributed by atoms with Gasteiger partial charge in [-0.2, -0.15) is 0 Å². The number of halogens is 2. The van der Waals surface area contributed by atoms with Crippen molar-refractivity contribution in [3.8, 4) is 0 Å². The number of carbonyl (C=O) groups is 1. The number of carboxylic acids is 1. The topological polar surface area (TPSA) is 37.3 Å². The molecule has 0 aliphatic carbocycles. The van der Waals surface area contributed by atoms with E-state index < -0.39 is 23.0 Å². The van der Waals surface area contributed by atoms with Crippen molar-refractivity contribution < 1.29 is 18.7 Å². The van der Waals surface area contributed by atoms with Crippen LogP contribution in [0.4, 0.5) is 8.78 Å². The first kappa shape index (κ1) is 11.6. The van der Waals surface area contributed by atoms with Crippen LogP contribution in [0.25, 0.3) is 0 Å². The van der Waals surface area contributed by atoms with E-state index in [1.165, 1.54) is 6.07 Å². The largest absolute Gasteiger partial charge is 0.481 e. The molecular formula is C11H12F2O2. The van der Waals surface area contributed by atoms with Gasteiger partial charge in [0, 0.05) is 5.41 Å². The SMILES string of the molecule is CC(C)(CC(=O)O)c1ccc(F)c(F)c1. The predicted molar refractivity (Wildman–Crippen MR) is 51.6 cm³/mol. The third-order valence-electron chi connectivity index (χ3n) is 2.29. The van der Waals surface area contributed by atoms with Crippen molar-refractivity contribution >= 4 is 5.97 Å². The molecule has 2 nitrogen and oxygen atoms in total. The summed E-state index contributed by atoms with van der Waals surface area (Å²) in [5.41, 5.74) is -0.232. The van der Waals surface area contributed by atoms with E-state index in [0.717, 1.165) is 12.1 Å². The van der Waals surface area contributed by atoms with Crippen molar-refractivity contribution in [1.82, 2.24) is 0 Å². The van der Waals surface area contributed by atoms with Crippen molar-refractivity contribution in [2.45, 2.75) is 25.7 Å².